The van der Waals surface area contributed by atoms with Crippen LogP contribution in [0.25, 0.3) is 0 Å². The number of thiazole rings is 1. The van der Waals surface area contributed by atoms with Crippen LogP contribution in [0, 0.1) is 19.8 Å². The summed E-state index contributed by atoms with van der Waals surface area (Å²) in [7, 11) is 0. The maximum Gasteiger partial charge on any atom is 0.410 e. The Morgan fingerprint density at radius 1 is 1.33 bits per heavy atom. The number of nitrogens with zero attached hydrogens (tertiary/aromatic N) is 4. The third-order valence-corrected chi connectivity index (χ3v) is 7.06. The van der Waals surface area contributed by atoms with E-state index in [1.807, 2.05) is 20.8 Å². The Balaban J connectivity index is 1.66. The van der Waals surface area contributed by atoms with Crippen LogP contribution in [0.5, 0.6) is 0 Å². The molecule has 164 valence electrons. The van der Waals surface area contributed by atoms with Crippen molar-refractivity contribution in [2.75, 3.05) is 11.9 Å². The van der Waals surface area contributed by atoms with Crippen LogP contribution in [0.4, 0.5) is 19.0 Å². The highest BCUT2D eigenvalue weighted by Crippen LogP contribution is 2.43. The molecule has 2 aliphatic heterocycles. The SMILES string of the molecule is Cc1nc(C)c(C(=O)N2CCC[C@H]2c2cc3n(n2)[C@@H](C(F)(F)F)C[C@@H](C(C)C)N3)s1. The molecule has 0 aromatic carbocycles. The van der Waals surface area contributed by atoms with Crippen molar-refractivity contribution in [2.45, 2.75) is 71.3 Å². The number of aromatic nitrogens is 3. The molecule has 6 nitrogen and oxygen atoms in total. The van der Waals surface area contributed by atoms with Gasteiger partial charge in [0.2, 0.25) is 0 Å². The predicted octanol–water partition coefficient (Wildman–Crippen LogP) is 4.88. The highest BCUT2D eigenvalue weighted by molar-refractivity contribution is 7.13. The number of carbonyl (C=O) groups excluding carboxylic acids is 1. The van der Waals surface area contributed by atoms with Crippen LogP contribution in [0.3, 0.4) is 0 Å². The molecule has 2 aromatic heterocycles. The number of carbonyl (C=O) groups is 1. The third-order valence-electron chi connectivity index (χ3n) is 6.00. The minimum atomic E-state index is -4.38. The second kappa shape index (κ2) is 7.55. The molecule has 0 aliphatic carbocycles. The summed E-state index contributed by atoms with van der Waals surface area (Å²) in [6.45, 7) is 8.05. The second-order valence-corrected chi connectivity index (χ2v) is 9.69. The van der Waals surface area contributed by atoms with Gasteiger partial charge in [0.05, 0.1) is 22.4 Å². The Kier molecular flexibility index (Phi) is 5.32. The standard InChI is InChI=1S/C20H26F3N5OS/c1-10(2)13-8-16(20(21,22)23)28-17(25-13)9-14(26-28)15-6-5-7-27(15)19(29)18-11(3)24-12(4)30-18/h9-10,13,15-16,25H,5-8H2,1-4H3/t13-,15-,16+/m0/s1. The Hall–Kier alpha value is -2.10. The molecule has 0 bridgehead atoms. The first-order chi connectivity index (χ1) is 14.1. The van der Waals surface area contributed by atoms with Crippen LogP contribution >= 0.6 is 11.3 Å². The highest BCUT2D eigenvalue weighted by atomic mass is 32.1. The van der Waals surface area contributed by atoms with Crippen molar-refractivity contribution in [3.8, 4) is 0 Å². The molecule has 0 unspecified atom stereocenters. The fourth-order valence-corrected chi connectivity index (χ4v) is 5.28. The summed E-state index contributed by atoms with van der Waals surface area (Å²) in [5, 5.41) is 8.40. The Labute approximate surface area is 177 Å². The van der Waals surface area contributed by atoms with Gasteiger partial charge < -0.3 is 10.2 Å². The topological polar surface area (TPSA) is 63.1 Å². The first-order valence-corrected chi connectivity index (χ1v) is 11.1. The lowest BCUT2D eigenvalue weighted by atomic mass is 9.94. The first kappa shape index (κ1) is 21.1. The number of likely N-dealkylation sites (tertiary alicyclic amines) is 1. The molecule has 30 heavy (non-hydrogen) atoms. The minimum absolute atomic E-state index is 0.0536. The number of amides is 1. The van der Waals surface area contributed by atoms with Crippen LogP contribution in [-0.2, 0) is 0 Å². The van der Waals surface area contributed by atoms with Crippen molar-refractivity contribution in [1.82, 2.24) is 19.7 Å². The largest absolute Gasteiger partial charge is 0.410 e. The predicted molar refractivity (Wildman–Crippen MR) is 109 cm³/mol. The molecule has 10 heteroatoms. The van der Waals surface area contributed by atoms with E-state index in [1.165, 1.54) is 11.3 Å². The molecule has 3 atom stereocenters. The van der Waals surface area contributed by atoms with E-state index in [1.54, 1.807) is 17.9 Å². The van der Waals surface area contributed by atoms with Crippen molar-refractivity contribution < 1.29 is 18.0 Å². The fourth-order valence-electron chi connectivity index (χ4n) is 4.40. The van der Waals surface area contributed by atoms with E-state index < -0.39 is 12.2 Å². The molecule has 4 rings (SSSR count). The summed E-state index contributed by atoms with van der Waals surface area (Å²) in [4.78, 5) is 19.8. The zero-order valence-electron chi connectivity index (χ0n) is 17.5. The minimum Gasteiger partial charge on any atom is -0.367 e. The lowest BCUT2D eigenvalue weighted by molar-refractivity contribution is -0.174. The number of halogens is 3. The fraction of sp³-hybridized carbons (Fsp3) is 0.650. The van der Waals surface area contributed by atoms with Crippen LogP contribution < -0.4 is 5.32 Å². The van der Waals surface area contributed by atoms with Gasteiger partial charge in [-0.2, -0.15) is 18.3 Å². The number of aryl methyl sites for hydroxylation is 2. The van der Waals surface area contributed by atoms with Gasteiger partial charge in [-0.05, 0) is 39.0 Å². The molecule has 1 N–H and O–H groups in total. The van der Waals surface area contributed by atoms with E-state index in [9.17, 15) is 18.0 Å². The number of anilines is 1. The van der Waals surface area contributed by atoms with E-state index >= 15 is 0 Å². The number of rotatable bonds is 3. The molecule has 1 saturated heterocycles. The Morgan fingerprint density at radius 2 is 2.07 bits per heavy atom. The lowest BCUT2D eigenvalue weighted by Gasteiger charge is -2.35. The number of alkyl halides is 3. The smallest absolute Gasteiger partial charge is 0.367 e. The van der Waals surface area contributed by atoms with Gasteiger partial charge in [-0.15, -0.1) is 11.3 Å². The van der Waals surface area contributed by atoms with E-state index in [2.05, 4.69) is 15.4 Å². The summed E-state index contributed by atoms with van der Waals surface area (Å²) in [6.07, 6.45) is -2.96. The molecule has 0 saturated carbocycles. The number of hydrogen-bond donors (Lipinski definition) is 1. The third kappa shape index (κ3) is 3.70. The highest BCUT2D eigenvalue weighted by Gasteiger charge is 2.47. The van der Waals surface area contributed by atoms with Crippen molar-refractivity contribution in [3.63, 3.8) is 0 Å². The maximum atomic E-state index is 13.8. The van der Waals surface area contributed by atoms with Gasteiger partial charge in [-0.3, -0.25) is 4.79 Å². The second-order valence-electron chi connectivity index (χ2n) is 8.49. The summed E-state index contributed by atoms with van der Waals surface area (Å²) >= 11 is 1.35. The molecular weight excluding hydrogens is 415 g/mol. The quantitative estimate of drug-likeness (QED) is 0.738. The van der Waals surface area contributed by atoms with E-state index in [0.29, 0.717) is 35.0 Å². The van der Waals surface area contributed by atoms with Gasteiger partial charge in [0.25, 0.3) is 5.91 Å². The average Bonchev–Trinajstić information content (AvgIpc) is 3.36. The first-order valence-electron chi connectivity index (χ1n) is 10.2. The van der Waals surface area contributed by atoms with Gasteiger partial charge >= 0.3 is 6.18 Å². The van der Waals surface area contributed by atoms with Crippen LogP contribution in [0.1, 0.15) is 71.3 Å². The van der Waals surface area contributed by atoms with Gasteiger partial charge in [0.15, 0.2) is 6.04 Å². The zero-order chi connectivity index (χ0) is 21.8. The van der Waals surface area contributed by atoms with Crippen LogP contribution in [-0.4, -0.2) is 44.3 Å². The van der Waals surface area contributed by atoms with Crippen molar-refractivity contribution >= 4 is 23.1 Å². The summed E-state index contributed by atoms with van der Waals surface area (Å²) < 4.78 is 42.3. The number of hydrogen-bond acceptors (Lipinski definition) is 5. The zero-order valence-corrected chi connectivity index (χ0v) is 18.3. The molecule has 0 spiro atoms. The Bertz CT molecular complexity index is 951. The normalized spacial score (nSPS) is 24.3. The van der Waals surface area contributed by atoms with E-state index in [-0.39, 0.29) is 30.3 Å². The summed E-state index contributed by atoms with van der Waals surface area (Å²) in [6, 6.07) is -0.579. The van der Waals surface area contributed by atoms with Crippen molar-refractivity contribution in [3.05, 3.63) is 27.3 Å². The van der Waals surface area contributed by atoms with Gasteiger partial charge in [0.1, 0.15) is 10.7 Å². The van der Waals surface area contributed by atoms with Gasteiger partial charge in [0, 0.05) is 18.7 Å². The number of fused-ring (bicyclic) bond motifs is 1. The van der Waals surface area contributed by atoms with E-state index in [4.69, 9.17) is 0 Å². The molecule has 1 fully saturated rings. The monoisotopic (exact) mass is 441 g/mol. The molecule has 1 amide bonds. The summed E-state index contributed by atoms with van der Waals surface area (Å²) in [5.74, 6) is 0.317. The van der Waals surface area contributed by atoms with Crippen LogP contribution in [0.15, 0.2) is 6.07 Å². The molecule has 4 heterocycles. The van der Waals surface area contributed by atoms with Gasteiger partial charge in [-0.25, -0.2) is 9.67 Å². The average molecular weight is 442 g/mol. The molecule has 2 aromatic rings. The molecular formula is C20H26F3N5OS. The van der Waals surface area contributed by atoms with Crippen LogP contribution in [0.2, 0.25) is 0 Å². The van der Waals surface area contributed by atoms with Crippen molar-refractivity contribution in [1.29, 1.82) is 0 Å². The van der Waals surface area contributed by atoms with Gasteiger partial charge in [-0.1, -0.05) is 13.8 Å². The molecule has 2 aliphatic rings. The maximum absolute atomic E-state index is 13.8. The lowest BCUT2D eigenvalue weighted by Crippen LogP contribution is -2.41. The Morgan fingerprint density at radius 3 is 2.67 bits per heavy atom. The summed E-state index contributed by atoms with van der Waals surface area (Å²) in [5.41, 5.74) is 1.21. The van der Waals surface area contributed by atoms with E-state index in [0.717, 1.165) is 16.1 Å². The van der Waals surface area contributed by atoms with Crippen molar-refractivity contribution in [2.24, 2.45) is 5.92 Å². The number of nitrogens with one attached hydrogen (secondary N) is 1. The molecule has 0 radical (unpaired) electrons.